The maximum atomic E-state index is 12.4. The summed E-state index contributed by atoms with van der Waals surface area (Å²) in [6, 6.07) is 0. The second-order valence-electron chi connectivity index (χ2n) is 5.20. The summed E-state index contributed by atoms with van der Waals surface area (Å²) in [4.78, 5) is 0.219. The van der Waals surface area contributed by atoms with Crippen LogP contribution >= 0.6 is 0 Å². The van der Waals surface area contributed by atoms with Crippen LogP contribution in [0.25, 0.3) is 0 Å². The van der Waals surface area contributed by atoms with Crippen LogP contribution in [0.1, 0.15) is 25.2 Å². The molecular formula is C11H21N3O3S. The van der Waals surface area contributed by atoms with E-state index in [4.69, 9.17) is 0 Å². The third-order valence-corrected chi connectivity index (χ3v) is 4.78. The van der Waals surface area contributed by atoms with Crippen molar-refractivity contribution in [3.05, 3.63) is 11.4 Å². The van der Waals surface area contributed by atoms with Crippen molar-refractivity contribution in [3.8, 4) is 0 Å². The Morgan fingerprint density at radius 2 is 1.89 bits per heavy atom. The van der Waals surface area contributed by atoms with Crippen LogP contribution in [0.4, 0.5) is 0 Å². The zero-order valence-corrected chi connectivity index (χ0v) is 12.5. The smallest absolute Gasteiger partial charge is 0.246 e. The third-order valence-electron chi connectivity index (χ3n) is 2.72. The Morgan fingerprint density at radius 1 is 1.39 bits per heavy atom. The van der Waals surface area contributed by atoms with Gasteiger partial charge < -0.3 is 5.11 Å². The first-order valence-corrected chi connectivity index (χ1v) is 7.10. The first-order valence-electron chi connectivity index (χ1n) is 5.66. The number of hydrogen-bond donors (Lipinski definition) is 1. The number of sulfonamides is 1. The molecule has 0 spiro atoms. The molecular weight excluding hydrogens is 254 g/mol. The molecule has 0 amide bonds. The molecule has 0 aliphatic heterocycles. The van der Waals surface area contributed by atoms with E-state index in [-0.39, 0.29) is 11.4 Å². The average molecular weight is 275 g/mol. The summed E-state index contributed by atoms with van der Waals surface area (Å²) in [6.07, 6.45) is 0. The summed E-state index contributed by atoms with van der Waals surface area (Å²) in [5.41, 5.74) is -0.0149. The lowest BCUT2D eigenvalue weighted by atomic mass is 10.1. The Kier molecular flexibility index (Phi) is 3.90. The lowest BCUT2D eigenvalue weighted by molar-refractivity contribution is 0.0639. The molecule has 0 aliphatic rings. The van der Waals surface area contributed by atoms with E-state index in [0.717, 1.165) is 4.31 Å². The molecule has 0 radical (unpaired) electrons. The van der Waals surface area contributed by atoms with Gasteiger partial charge in [-0.15, -0.1) is 0 Å². The predicted octanol–water partition coefficient (Wildman–Crippen LogP) is 0.428. The minimum absolute atomic E-state index is 0.0309. The molecule has 1 aromatic heterocycles. The number of hydrogen-bond acceptors (Lipinski definition) is 4. The van der Waals surface area contributed by atoms with Gasteiger partial charge >= 0.3 is 0 Å². The van der Waals surface area contributed by atoms with Crippen LogP contribution in [0, 0.1) is 13.8 Å². The van der Waals surface area contributed by atoms with Gasteiger partial charge in [0, 0.05) is 20.6 Å². The van der Waals surface area contributed by atoms with E-state index < -0.39 is 15.6 Å². The number of aryl methyl sites for hydroxylation is 2. The Labute approximate surface area is 108 Å². The molecule has 0 unspecified atom stereocenters. The molecule has 1 N–H and O–H groups in total. The fourth-order valence-corrected chi connectivity index (χ4v) is 3.63. The molecule has 0 saturated carbocycles. The molecule has 0 aromatic carbocycles. The summed E-state index contributed by atoms with van der Waals surface area (Å²) < 4.78 is 27.6. The van der Waals surface area contributed by atoms with E-state index in [0.29, 0.717) is 11.4 Å². The van der Waals surface area contributed by atoms with Crippen LogP contribution in [0.3, 0.4) is 0 Å². The lowest BCUT2D eigenvalue weighted by Crippen LogP contribution is -2.40. The Balaban J connectivity index is 3.22. The SMILES string of the molecule is Cc1nn(C)c(C)c1S(=O)(=O)N(C)CC(C)(C)O. The number of rotatable bonds is 4. The van der Waals surface area contributed by atoms with Crippen molar-refractivity contribution in [2.75, 3.05) is 13.6 Å². The second kappa shape index (κ2) is 4.64. The molecule has 0 fully saturated rings. The average Bonchev–Trinajstić information content (AvgIpc) is 2.38. The van der Waals surface area contributed by atoms with Gasteiger partial charge in [0.25, 0.3) is 0 Å². The van der Waals surface area contributed by atoms with Gasteiger partial charge in [0.15, 0.2) is 0 Å². The van der Waals surface area contributed by atoms with Crippen LogP contribution < -0.4 is 0 Å². The summed E-state index contributed by atoms with van der Waals surface area (Å²) >= 11 is 0. The van der Waals surface area contributed by atoms with Crippen LogP contribution in [0.15, 0.2) is 4.90 Å². The fourth-order valence-electron chi connectivity index (χ4n) is 1.91. The first kappa shape index (κ1) is 15.1. The van der Waals surface area contributed by atoms with Gasteiger partial charge in [-0.25, -0.2) is 8.42 Å². The van der Waals surface area contributed by atoms with E-state index in [2.05, 4.69) is 5.10 Å². The normalized spacial score (nSPS) is 13.3. The fraction of sp³-hybridized carbons (Fsp3) is 0.727. The van der Waals surface area contributed by atoms with Crippen molar-refractivity contribution in [3.63, 3.8) is 0 Å². The number of likely N-dealkylation sites (N-methyl/N-ethyl adjacent to an activating group) is 1. The summed E-state index contributed by atoms with van der Waals surface area (Å²) in [7, 11) is -0.459. The van der Waals surface area contributed by atoms with E-state index in [9.17, 15) is 13.5 Å². The van der Waals surface area contributed by atoms with Gasteiger partial charge in [-0.3, -0.25) is 4.68 Å². The zero-order valence-electron chi connectivity index (χ0n) is 11.7. The van der Waals surface area contributed by atoms with Gasteiger partial charge in [0.05, 0.1) is 17.0 Å². The molecule has 6 nitrogen and oxygen atoms in total. The molecule has 7 heteroatoms. The minimum atomic E-state index is -3.62. The lowest BCUT2D eigenvalue weighted by Gasteiger charge is -2.25. The molecule has 1 heterocycles. The summed E-state index contributed by atoms with van der Waals surface area (Å²) in [6.45, 7) is 6.55. The van der Waals surface area contributed by atoms with E-state index in [1.165, 1.54) is 7.05 Å². The van der Waals surface area contributed by atoms with Crippen LogP contribution in [-0.4, -0.2) is 46.8 Å². The van der Waals surface area contributed by atoms with E-state index in [1.54, 1.807) is 39.4 Å². The van der Waals surface area contributed by atoms with Crippen molar-refractivity contribution in [2.24, 2.45) is 7.05 Å². The Bertz CT molecular complexity index is 541. The molecule has 18 heavy (non-hydrogen) atoms. The number of aromatic nitrogens is 2. The van der Waals surface area contributed by atoms with E-state index in [1.807, 2.05) is 0 Å². The molecule has 0 saturated heterocycles. The maximum Gasteiger partial charge on any atom is 0.246 e. The van der Waals surface area contributed by atoms with Crippen LogP contribution in [0.5, 0.6) is 0 Å². The summed E-state index contributed by atoms with van der Waals surface area (Å²) in [5.74, 6) is 0. The van der Waals surface area contributed by atoms with Crippen molar-refractivity contribution in [1.29, 1.82) is 0 Å². The van der Waals surface area contributed by atoms with Crippen molar-refractivity contribution in [2.45, 2.75) is 38.2 Å². The minimum Gasteiger partial charge on any atom is -0.389 e. The van der Waals surface area contributed by atoms with Crippen LogP contribution in [-0.2, 0) is 17.1 Å². The molecule has 0 atom stereocenters. The second-order valence-corrected chi connectivity index (χ2v) is 7.18. The molecule has 0 bridgehead atoms. The highest BCUT2D eigenvalue weighted by Crippen LogP contribution is 2.23. The number of aliphatic hydroxyl groups is 1. The topological polar surface area (TPSA) is 75.4 Å². The van der Waals surface area contributed by atoms with Crippen molar-refractivity contribution >= 4 is 10.0 Å². The molecule has 0 aliphatic carbocycles. The third kappa shape index (κ3) is 2.90. The highest BCUT2D eigenvalue weighted by Gasteiger charge is 2.31. The standard InChI is InChI=1S/C11H21N3O3S/c1-8-10(9(2)14(6)12-8)18(16,17)13(5)7-11(3,4)15/h15H,7H2,1-6H3. The monoisotopic (exact) mass is 275 g/mol. The largest absolute Gasteiger partial charge is 0.389 e. The zero-order chi connectivity index (χ0) is 14.3. The van der Waals surface area contributed by atoms with Gasteiger partial charge in [-0.1, -0.05) is 0 Å². The summed E-state index contributed by atoms with van der Waals surface area (Å²) in [5, 5.41) is 13.8. The van der Waals surface area contributed by atoms with Gasteiger partial charge in [0.2, 0.25) is 10.0 Å². The maximum absolute atomic E-state index is 12.4. The molecule has 1 rings (SSSR count). The predicted molar refractivity (Wildman–Crippen MR) is 68.8 cm³/mol. The Morgan fingerprint density at radius 3 is 2.22 bits per heavy atom. The quantitative estimate of drug-likeness (QED) is 0.864. The van der Waals surface area contributed by atoms with Crippen LogP contribution in [0.2, 0.25) is 0 Å². The molecule has 104 valence electrons. The van der Waals surface area contributed by atoms with Gasteiger partial charge in [0.1, 0.15) is 4.90 Å². The van der Waals surface area contributed by atoms with E-state index >= 15 is 0 Å². The Hall–Kier alpha value is -0.920. The highest BCUT2D eigenvalue weighted by molar-refractivity contribution is 7.89. The highest BCUT2D eigenvalue weighted by atomic mass is 32.2. The number of nitrogens with zero attached hydrogens (tertiary/aromatic N) is 3. The van der Waals surface area contributed by atoms with Gasteiger partial charge in [-0.05, 0) is 27.7 Å². The van der Waals surface area contributed by atoms with Crippen molar-refractivity contribution in [1.82, 2.24) is 14.1 Å². The first-order chi connectivity index (χ1) is 7.97. The molecule has 1 aromatic rings. The van der Waals surface area contributed by atoms with Gasteiger partial charge in [-0.2, -0.15) is 9.40 Å². The van der Waals surface area contributed by atoms with Crippen molar-refractivity contribution < 1.29 is 13.5 Å².